The van der Waals surface area contributed by atoms with E-state index in [0.717, 1.165) is 19.3 Å². The van der Waals surface area contributed by atoms with Crippen LogP contribution < -0.4 is 5.32 Å². The number of rotatable bonds is 11. The third-order valence-corrected chi connectivity index (χ3v) is 7.61. The van der Waals surface area contributed by atoms with Crippen molar-refractivity contribution in [3.05, 3.63) is 71.8 Å². The summed E-state index contributed by atoms with van der Waals surface area (Å²) in [4.78, 5) is 22.1. The fraction of sp³-hybridized carbons (Fsp3) is 0.536. The fourth-order valence-electron chi connectivity index (χ4n) is 4.89. The molecular weight excluding hydrogens is 461 g/mol. The van der Waals surface area contributed by atoms with E-state index in [1.165, 1.54) is 11.1 Å². The Labute approximate surface area is 210 Å². The van der Waals surface area contributed by atoms with Gasteiger partial charge in [-0.2, -0.15) is 0 Å². The van der Waals surface area contributed by atoms with Gasteiger partial charge in [0.25, 0.3) is 0 Å². The van der Waals surface area contributed by atoms with Crippen molar-refractivity contribution in [1.82, 2.24) is 5.32 Å². The Kier molecular flexibility index (Phi) is 9.71. The molecule has 0 radical (unpaired) electrons. The molecule has 35 heavy (non-hydrogen) atoms. The van der Waals surface area contributed by atoms with E-state index in [0.29, 0.717) is 32.1 Å². The number of carbonyl (C=O) groups excluding carboxylic acids is 1. The summed E-state index contributed by atoms with van der Waals surface area (Å²) in [5, 5.41) is 2.93. The highest BCUT2D eigenvalue weighted by Crippen LogP contribution is 2.51. The summed E-state index contributed by atoms with van der Waals surface area (Å²) >= 11 is 0. The molecule has 6 nitrogen and oxygen atoms in total. The Bertz CT molecular complexity index is 924. The first kappa shape index (κ1) is 27.6. The molecule has 1 fully saturated rings. The summed E-state index contributed by atoms with van der Waals surface area (Å²) in [7, 11) is -4.12. The average molecular weight is 502 g/mol. The van der Waals surface area contributed by atoms with Gasteiger partial charge in [0.15, 0.2) is 0 Å². The summed E-state index contributed by atoms with van der Waals surface area (Å²) in [6.07, 6.45) is 5.23. The van der Waals surface area contributed by atoms with E-state index >= 15 is 0 Å². The predicted molar refractivity (Wildman–Crippen MR) is 139 cm³/mol. The lowest BCUT2D eigenvalue weighted by Gasteiger charge is -2.41. The van der Waals surface area contributed by atoms with Crippen molar-refractivity contribution in [2.75, 3.05) is 6.61 Å². The minimum atomic E-state index is -4.12. The van der Waals surface area contributed by atoms with Crippen LogP contribution in [0.3, 0.4) is 0 Å². The summed E-state index contributed by atoms with van der Waals surface area (Å²) in [5.41, 5.74) is 2.18. The number of hydrogen-bond donors (Lipinski definition) is 2. The molecule has 1 amide bonds. The molecule has 7 heteroatoms. The standard InChI is InChI=1S/C28H40NO5P/c1-27(2,3)29-26(30)17-11-6-12-22-33-35(31,32)34-25-18-20-28(21-19-25,23-13-7-4-8-14-23)24-15-9-5-10-16-24/h4-5,7-10,13-16,25H,6,11-12,17-22H2,1-3H3,(H,29,30)(H,31,32). The first-order chi connectivity index (χ1) is 16.6. The molecule has 0 aromatic heterocycles. The molecule has 192 valence electrons. The van der Waals surface area contributed by atoms with Crippen molar-refractivity contribution in [2.24, 2.45) is 0 Å². The van der Waals surface area contributed by atoms with E-state index in [-0.39, 0.29) is 29.6 Å². The van der Waals surface area contributed by atoms with Gasteiger partial charge in [-0.3, -0.25) is 13.8 Å². The maximum atomic E-state index is 12.5. The van der Waals surface area contributed by atoms with Gasteiger partial charge in [-0.15, -0.1) is 0 Å². The van der Waals surface area contributed by atoms with Crippen LogP contribution in [0.4, 0.5) is 0 Å². The second-order valence-electron chi connectivity index (χ2n) is 10.5. The van der Waals surface area contributed by atoms with E-state index in [1.807, 2.05) is 32.9 Å². The quantitative estimate of drug-likeness (QED) is 0.270. The molecule has 2 aromatic rings. The van der Waals surface area contributed by atoms with Crippen molar-refractivity contribution in [1.29, 1.82) is 0 Å². The van der Waals surface area contributed by atoms with E-state index in [2.05, 4.69) is 53.8 Å². The molecule has 0 saturated heterocycles. The maximum absolute atomic E-state index is 12.5. The van der Waals surface area contributed by atoms with Crippen molar-refractivity contribution < 1.29 is 23.3 Å². The zero-order valence-electron chi connectivity index (χ0n) is 21.2. The van der Waals surface area contributed by atoms with Crippen LogP contribution in [0.25, 0.3) is 0 Å². The second kappa shape index (κ2) is 12.3. The lowest BCUT2D eigenvalue weighted by molar-refractivity contribution is -0.122. The number of amides is 1. The lowest BCUT2D eigenvalue weighted by atomic mass is 9.65. The van der Waals surface area contributed by atoms with Crippen LogP contribution in [0.1, 0.15) is 83.3 Å². The third-order valence-electron chi connectivity index (χ3n) is 6.54. The first-order valence-electron chi connectivity index (χ1n) is 12.7. The number of unbranched alkanes of at least 4 members (excludes halogenated alkanes) is 2. The highest BCUT2D eigenvalue weighted by Gasteiger charge is 2.40. The number of nitrogens with one attached hydrogen (secondary N) is 1. The zero-order chi connectivity index (χ0) is 25.4. The molecule has 0 spiro atoms. The van der Waals surface area contributed by atoms with Crippen molar-refractivity contribution in [3.63, 3.8) is 0 Å². The number of phosphoric acid groups is 1. The maximum Gasteiger partial charge on any atom is 0.472 e. The molecule has 1 aliphatic carbocycles. The van der Waals surface area contributed by atoms with Gasteiger partial charge < -0.3 is 10.2 Å². The molecule has 0 bridgehead atoms. The normalized spacial score (nSPS) is 18.1. The largest absolute Gasteiger partial charge is 0.472 e. The van der Waals surface area contributed by atoms with Crippen molar-refractivity contribution >= 4 is 13.7 Å². The minimum Gasteiger partial charge on any atom is -0.352 e. The van der Waals surface area contributed by atoms with Crippen molar-refractivity contribution in [2.45, 2.75) is 89.2 Å². The minimum absolute atomic E-state index is 0.0222. The zero-order valence-corrected chi connectivity index (χ0v) is 22.1. The molecule has 3 rings (SSSR count). The van der Waals surface area contributed by atoms with Gasteiger partial charge in [-0.1, -0.05) is 67.1 Å². The summed E-state index contributed by atoms with van der Waals surface area (Å²) in [6, 6.07) is 21.0. The molecule has 1 unspecified atom stereocenters. The number of phosphoric ester groups is 1. The van der Waals surface area contributed by atoms with Crippen LogP contribution in [-0.4, -0.2) is 29.1 Å². The third kappa shape index (κ3) is 8.57. The highest BCUT2D eigenvalue weighted by atomic mass is 31.2. The fourth-order valence-corrected chi connectivity index (χ4v) is 5.90. The molecule has 1 atom stereocenters. The number of carbonyl (C=O) groups is 1. The summed E-state index contributed by atoms with van der Waals surface area (Å²) in [5.74, 6) is 0.0222. The summed E-state index contributed by atoms with van der Waals surface area (Å²) < 4.78 is 23.3. The van der Waals surface area contributed by atoms with Crippen LogP contribution in [0.2, 0.25) is 0 Å². The molecule has 1 saturated carbocycles. The SMILES string of the molecule is CC(C)(C)NC(=O)CCCCCOP(=O)(O)OC1CCC(c2ccccc2)(c2ccccc2)CC1. The van der Waals surface area contributed by atoms with E-state index in [9.17, 15) is 14.3 Å². The lowest BCUT2D eigenvalue weighted by Crippen LogP contribution is -2.40. The monoisotopic (exact) mass is 501 g/mol. The molecule has 2 aromatic carbocycles. The Morgan fingerprint density at radius 1 is 0.971 bits per heavy atom. The van der Waals surface area contributed by atoms with E-state index in [4.69, 9.17) is 9.05 Å². The van der Waals surface area contributed by atoms with Gasteiger partial charge in [0.2, 0.25) is 5.91 Å². The van der Waals surface area contributed by atoms with Crippen LogP contribution in [-0.2, 0) is 23.8 Å². The van der Waals surface area contributed by atoms with Gasteiger partial charge in [0.1, 0.15) is 0 Å². The Morgan fingerprint density at radius 2 is 1.51 bits per heavy atom. The van der Waals surface area contributed by atoms with Crippen LogP contribution in [0.15, 0.2) is 60.7 Å². The van der Waals surface area contributed by atoms with Gasteiger partial charge in [-0.25, -0.2) is 4.57 Å². The van der Waals surface area contributed by atoms with E-state index in [1.54, 1.807) is 0 Å². The van der Waals surface area contributed by atoms with Gasteiger partial charge in [0.05, 0.1) is 12.7 Å². The second-order valence-corrected chi connectivity index (χ2v) is 11.9. The highest BCUT2D eigenvalue weighted by molar-refractivity contribution is 7.47. The topological polar surface area (TPSA) is 84.9 Å². The predicted octanol–water partition coefficient (Wildman–Crippen LogP) is 6.52. The smallest absolute Gasteiger partial charge is 0.352 e. The molecule has 0 heterocycles. The number of hydrogen-bond acceptors (Lipinski definition) is 4. The van der Waals surface area contributed by atoms with Crippen LogP contribution >= 0.6 is 7.82 Å². The first-order valence-corrected chi connectivity index (χ1v) is 14.2. The molecule has 1 aliphatic rings. The van der Waals surface area contributed by atoms with Crippen LogP contribution in [0.5, 0.6) is 0 Å². The van der Waals surface area contributed by atoms with Gasteiger partial charge in [-0.05, 0) is 70.4 Å². The van der Waals surface area contributed by atoms with E-state index < -0.39 is 7.82 Å². The van der Waals surface area contributed by atoms with Crippen molar-refractivity contribution in [3.8, 4) is 0 Å². The summed E-state index contributed by atoms with van der Waals surface area (Å²) in [6.45, 7) is 5.99. The van der Waals surface area contributed by atoms with Gasteiger partial charge >= 0.3 is 7.82 Å². The Morgan fingerprint density at radius 3 is 2.03 bits per heavy atom. The number of benzene rings is 2. The average Bonchev–Trinajstić information content (AvgIpc) is 2.82. The molecule has 0 aliphatic heterocycles. The van der Waals surface area contributed by atoms with Gasteiger partial charge in [0, 0.05) is 17.4 Å². The Hall–Kier alpha value is -1.98. The molecule has 2 N–H and O–H groups in total. The molecular formula is C28H40NO5P. The van der Waals surface area contributed by atoms with Crippen LogP contribution in [0, 0.1) is 0 Å². The Balaban J connectivity index is 1.45.